The summed E-state index contributed by atoms with van der Waals surface area (Å²) in [4.78, 5) is 26.9. The molecule has 0 radical (unpaired) electrons. The van der Waals surface area contributed by atoms with Crippen LogP contribution in [0, 0.1) is 0 Å². The lowest BCUT2D eigenvalue weighted by atomic mass is 10.1. The Morgan fingerprint density at radius 2 is 2.00 bits per heavy atom. The maximum absolute atomic E-state index is 13.1. The number of hydrogen-bond acceptors (Lipinski definition) is 7. The van der Waals surface area contributed by atoms with Gasteiger partial charge in [-0.25, -0.2) is 0 Å². The molecule has 0 fully saturated rings. The Hall–Kier alpha value is -2.91. The van der Waals surface area contributed by atoms with Crippen molar-refractivity contribution < 1.29 is 9.59 Å². The largest absolute Gasteiger partial charge is 0.330 e. The molecule has 2 heterocycles. The molecule has 1 aliphatic rings. The number of amides is 2. The fraction of sp³-hybridized carbons (Fsp3) is 0.273. The Morgan fingerprint density at radius 3 is 2.84 bits per heavy atom. The van der Waals surface area contributed by atoms with Gasteiger partial charge in [-0.3, -0.25) is 9.59 Å². The summed E-state index contributed by atoms with van der Waals surface area (Å²) in [7, 11) is 0. The van der Waals surface area contributed by atoms with Gasteiger partial charge in [-0.2, -0.15) is 0 Å². The second-order valence-corrected chi connectivity index (χ2v) is 9.38. The lowest BCUT2D eigenvalue weighted by Crippen LogP contribution is -2.40. The van der Waals surface area contributed by atoms with Crippen LogP contribution in [-0.2, 0) is 16.0 Å². The Morgan fingerprint density at radius 1 is 1.23 bits per heavy atom. The topological polar surface area (TPSA) is 87.2 Å². The van der Waals surface area contributed by atoms with E-state index in [1.54, 1.807) is 4.90 Å². The van der Waals surface area contributed by atoms with Gasteiger partial charge < -0.3 is 15.5 Å². The number of nitrogens with one attached hydrogen (secondary N) is 2. The molecule has 7 nitrogen and oxygen atoms in total. The average molecular weight is 454 g/mol. The Bertz CT molecular complexity index is 1100. The quantitative estimate of drug-likeness (QED) is 0.526. The Labute approximate surface area is 189 Å². The van der Waals surface area contributed by atoms with Crippen molar-refractivity contribution in [3.8, 4) is 0 Å². The SMILES string of the molecule is CCc1ccccc1Nc1nnc(SCC(=O)N2c3ccccc3NC(=O)C[C@@H]2C)s1. The highest BCUT2D eigenvalue weighted by molar-refractivity contribution is 8.01. The minimum absolute atomic E-state index is 0.0671. The minimum Gasteiger partial charge on any atom is -0.330 e. The number of aryl methyl sites for hydroxylation is 1. The van der Waals surface area contributed by atoms with Crippen LogP contribution in [0.15, 0.2) is 52.9 Å². The van der Waals surface area contributed by atoms with Crippen molar-refractivity contribution in [1.29, 1.82) is 0 Å². The zero-order valence-corrected chi connectivity index (χ0v) is 18.9. The van der Waals surface area contributed by atoms with E-state index in [4.69, 9.17) is 0 Å². The highest BCUT2D eigenvalue weighted by Crippen LogP contribution is 2.33. The number of carbonyl (C=O) groups excluding carboxylic acids is 2. The third-order valence-electron chi connectivity index (χ3n) is 4.99. The Balaban J connectivity index is 1.44. The number of anilines is 4. The zero-order chi connectivity index (χ0) is 21.8. The first-order valence-electron chi connectivity index (χ1n) is 10.1. The molecule has 3 aromatic rings. The van der Waals surface area contributed by atoms with E-state index < -0.39 is 0 Å². The smallest absolute Gasteiger partial charge is 0.237 e. The van der Waals surface area contributed by atoms with Gasteiger partial charge in [-0.1, -0.05) is 60.4 Å². The predicted molar refractivity (Wildman–Crippen MR) is 126 cm³/mol. The highest BCUT2D eigenvalue weighted by Gasteiger charge is 2.29. The molecule has 0 unspecified atom stereocenters. The molecule has 2 N–H and O–H groups in total. The first-order valence-corrected chi connectivity index (χ1v) is 11.9. The van der Waals surface area contributed by atoms with Crippen molar-refractivity contribution in [3.63, 3.8) is 0 Å². The molecule has 9 heteroatoms. The van der Waals surface area contributed by atoms with E-state index in [1.165, 1.54) is 28.7 Å². The molecule has 1 atom stereocenters. The van der Waals surface area contributed by atoms with Crippen molar-refractivity contribution in [2.45, 2.75) is 37.1 Å². The molecular formula is C22H23N5O2S2. The molecule has 4 rings (SSSR count). The molecule has 0 bridgehead atoms. The van der Waals surface area contributed by atoms with Crippen molar-refractivity contribution in [1.82, 2.24) is 10.2 Å². The number of rotatable bonds is 6. The number of para-hydroxylation sites is 3. The standard InChI is InChI=1S/C22H23N5O2S2/c1-3-15-8-4-5-9-16(15)24-21-25-26-22(31-21)30-13-20(29)27-14(2)12-19(28)23-17-10-6-7-11-18(17)27/h4-11,14H,3,12-13H2,1-2H3,(H,23,28)(H,24,25)/t14-/m0/s1. The van der Waals surface area contributed by atoms with E-state index in [9.17, 15) is 9.59 Å². The first kappa shape index (κ1) is 21.3. The molecule has 0 saturated heterocycles. The summed E-state index contributed by atoms with van der Waals surface area (Å²) < 4.78 is 0.717. The second-order valence-electron chi connectivity index (χ2n) is 7.18. The van der Waals surface area contributed by atoms with Crippen molar-refractivity contribution in [2.75, 3.05) is 21.3 Å². The molecule has 0 aliphatic carbocycles. The van der Waals surface area contributed by atoms with Crippen LogP contribution in [0.1, 0.15) is 25.8 Å². The maximum Gasteiger partial charge on any atom is 0.237 e. The number of hydrogen-bond donors (Lipinski definition) is 2. The van der Waals surface area contributed by atoms with Crippen molar-refractivity contribution in [3.05, 3.63) is 54.1 Å². The van der Waals surface area contributed by atoms with Crippen molar-refractivity contribution in [2.24, 2.45) is 0 Å². The van der Waals surface area contributed by atoms with Gasteiger partial charge in [0.2, 0.25) is 16.9 Å². The monoisotopic (exact) mass is 453 g/mol. The molecular weight excluding hydrogens is 430 g/mol. The van der Waals surface area contributed by atoms with Crippen LogP contribution >= 0.6 is 23.1 Å². The molecule has 2 amide bonds. The fourth-order valence-electron chi connectivity index (χ4n) is 3.55. The summed E-state index contributed by atoms with van der Waals surface area (Å²) in [6, 6.07) is 15.3. The van der Waals surface area contributed by atoms with E-state index in [1.807, 2.05) is 49.4 Å². The summed E-state index contributed by atoms with van der Waals surface area (Å²) in [5.41, 5.74) is 3.61. The minimum atomic E-state index is -0.228. The third-order valence-corrected chi connectivity index (χ3v) is 6.95. The zero-order valence-electron chi connectivity index (χ0n) is 17.3. The van der Waals surface area contributed by atoms with Crippen LogP contribution in [-0.4, -0.2) is 33.8 Å². The molecule has 160 valence electrons. The summed E-state index contributed by atoms with van der Waals surface area (Å²) in [6.45, 7) is 4.00. The van der Waals surface area contributed by atoms with E-state index in [0.29, 0.717) is 10.8 Å². The fourth-order valence-corrected chi connectivity index (χ4v) is 5.17. The summed E-state index contributed by atoms with van der Waals surface area (Å²) in [5.74, 6) is 0.0603. The lowest BCUT2D eigenvalue weighted by Gasteiger charge is -2.27. The molecule has 1 aromatic heterocycles. The number of thioether (sulfide) groups is 1. The van der Waals surface area contributed by atoms with E-state index in [0.717, 1.165) is 22.1 Å². The van der Waals surface area contributed by atoms with Gasteiger partial charge in [0.1, 0.15) is 0 Å². The van der Waals surface area contributed by atoms with Gasteiger partial charge in [-0.15, -0.1) is 10.2 Å². The van der Waals surface area contributed by atoms with E-state index in [2.05, 4.69) is 33.8 Å². The van der Waals surface area contributed by atoms with Gasteiger partial charge in [0.05, 0.1) is 17.1 Å². The second kappa shape index (κ2) is 9.49. The number of carbonyl (C=O) groups is 2. The summed E-state index contributed by atoms with van der Waals surface area (Å²) in [6.07, 6.45) is 1.18. The molecule has 31 heavy (non-hydrogen) atoms. The summed E-state index contributed by atoms with van der Waals surface area (Å²) in [5, 5.41) is 15.3. The first-order chi connectivity index (χ1) is 15.0. The number of fused-ring (bicyclic) bond motifs is 1. The van der Waals surface area contributed by atoms with Gasteiger partial charge in [0.15, 0.2) is 4.34 Å². The van der Waals surface area contributed by atoms with Crippen LogP contribution < -0.4 is 15.5 Å². The van der Waals surface area contributed by atoms with Gasteiger partial charge in [0.25, 0.3) is 0 Å². The van der Waals surface area contributed by atoms with Gasteiger partial charge >= 0.3 is 0 Å². The van der Waals surface area contributed by atoms with E-state index in [-0.39, 0.29) is 30.0 Å². The predicted octanol–water partition coefficient (Wildman–Crippen LogP) is 4.70. The van der Waals surface area contributed by atoms with Crippen molar-refractivity contribution >= 4 is 57.1 Å². The van der Waals surface area contributed by atoms with E-state index >= 15 is 0 Å². The average Bonchev–Trinajstić information content (AvgIpc) is 3.16. The normalized spacial score (nSPS) is 15.7. The van der Waals surface area contributed by atoms with Gasteiger partial charge in [-0.05, 0) is 37.1 Å². The number of nitrogens with zero attached hydrogens (tertiary/aromatic N) is 3. The van der Waals surface area contributed by atoms with Crippen LogP contribution in [0.25, 0.3) is 0 Å². The van der Waals surface area contributed by atoms with Crippen LogP contribution in [0.5, 0.6) is 0 Å². The van der Waals surface area contributed by atoms with Crippen LogP contribution in [0.3, 0.4) is 0 Å². The van der Waals surface area contributed by atoms with Gasteiger partial charge in [0, 0.05) is 18.2 Å². The maximum atomic E-state index is 13.1. The highest BCUT2D eigenvalue weighted by atomic mass is 32.2. The summed E-state index contributed by atoms with van der Waals surface area (Å²) >= 11 is 2.78. The van der Waals surface area contributed by atoms with Crippen LogP contribution in [0.2, 0.25) is 0 Å². The molecule has 0 saturated carbocycles. The molecule has 2 aromatic carbocycles. The molecule has 1 aliphatic heterocycles. The number of aromatic nitrogens is 2. The number of benzene rings is 2. The Kier molecular flexibility index (Phi) is 6.53. The molecule has 0 spiro atoms. The lowest BCUT2D eigenvalue weighted by molar-refractivity contribution is -0.117. The van der Waals surface area contributed by atoms with Crippen LogP contribution in [0.4, 0.5) is 22.2 Å². The third kappa shape index (κ3) is 4.88.